The quantitative estimate of drug-likeness (QED) is 0.241. The third kappa shape index (κ3) is 8.13. The summed E-state index contributed by atoms with van der Waals surface area (Å²) in [5, 5.41) is 31.4. The molecule has 11 heteroatoms. The van der Waals surface area contributed by atoms with E-state index in [-0.39, 0.29) is 0 Å². The van der Waals surface area contributed by atoms with Gasteiger partial charge in [-0.15, -0.1) is 0 Å². The van der Waals surface area contributed by atoms with E-state index in [4.69, 9.17) is 15.9 Å². The van der Waals surface area contributed by atoms with Crippen molar-refractivity contribution >= 4 is 35.5 Å². The standard InChI is InChI=1S/C13H23N3O7S/c1-6(17)10(16-11(20)7(14)3-4-24-2)12(21)15-8(13(22)23)5-9(18)19/h6-8,10,17H,3-5,14H2,1-2H3,(H,15,21)(H,16,20)(H,18,19)(H,22,23). The van der Waals surface area contributed by atoms with Crippen LogP contribution in [0.4, 0.5) is 0 Å². The Kier molecular flexibility index (Phi) is 10.0. The molecule has 24 heavy (non-hydrogen) atoms. The molecule has 0 aromatic rings. The highest BCUT2D eigenvalue weighted by molar-refractivity contribution is 7.98. The van der Waals surface area contributed by atoms with Gasteiger partial charge >= 0.3 is 11.9 Å². The van der Waals surface area contributed by atoms with Crippen molar-refractivity contribution in [2.24, 2.45) is 5.73 Å². The van der Waals surface area contributed by atoms with Crippen LogP contribution in [0.2, 0.25) is 0 Å². The van der Waals surface area contributed by atoms with E-state index in [0.29, 0.717) is 12.2 Å². The lowest BCUT2D eigenvalue weighted by Gasteiger charge is -2.24. The second-order valence-corrected chi connectivity index (χ2v) is 6.10. The van der Waals surface area contributed by atoms with Crippen molar-refractivity contribution in [3.63, 3.8) is 0 Å². The van der Waals surface area contributed by atoms with Crippen LogP contribution in [-0.2, 0) is 19.2 Å². The molecule has 0 radical (unpaired) electrons. The fourth-order valence-corrected chi connectivity index (χ4v) is 2.17. The number of carbonyl (C=O) groups is 4. The molecule has 4 unspecified atom stereocenters. The summed E-state index contributed by atoms with van der Waals surface area (Å²) < 4.78 is 0. The minimum absolute atomic E-state index is 0.359. The first-order valence-corrected chi connectivity index (χ1v) is 8.47. The monoisotopic (exact) mass is 365 g/mol. The molecule has 0 aliphatic rings. The lowest BCUT2D eigenvalue weighted by molar-refractivity contribution is -0.147. The van der Waals surface area contributed by atoms with Crippen molar-refractivity contribution in [3.8, 4) is 0 Å². The van der Waals surface area contributed by atoms with Crippen LogP contribution in [-0.4, -0.2) is 75.3 Å². The highest BCUT2D eigenvalue weighted by Gasteiger charge is 2.31. The summed E-state index contributed by atoms with van der Waals surface area (Å²) in [4.78, 5) is 45.6. The summed E-state index contributed by atoms with van der Waals surface area (Å²) in [5.74, 6) is -4.02. The molecule has 2 amide bonds. The fourth-order valence-electron chi connectivity index (χ4n) is 1.68. The fraction of sp³-hybridized carbons (Fsp3) is 0.692. The molecule has 0 saturated carbocycles. The average molecular weight is 365 g/mol. The molecule has 0 aromatic heterocycles. The van der Waals surface area contributed by atoms with Crippen LogP contribution in [0.3, 0.4) is 0 Å². The Morgan fingerprint density at radius 1 is 1.12 bits per heavy atom. The predicted octanol–water partition coefficient (Wildman–Crippen LogP) is -2.02. The summed E-state index contributed by atoms with van der Waals surface area (Å²) in [5.41, 5.74) is 5.66. The molecule has 0 aliphatic carbocycles. The number of nitrogens with one attached hydrogen (secondary N) is 2. The number of aliphatic carboxylic acids is 2. The molecule has 0 fully saturated rings. The van der Waals surface area contributed by atoms with Gasteiger partial charge in [0.15, 0.2) is 0 Å². The van der Waals surface area contributed by atoms with Crippen LogP contribution < -0.4 is 16.4 Å². The van der Waals surface area contributed by atoms with Gasteiger partial charge in [-0.05, 0) is 25.4 Å². The van der Waals surface area contributed by atoms with E-state index in [1.54, 1.807) is 0 Å². The zero-order chi connectivity index (χ0) is 18.9. The summed E-state index contributed by atoms with van der Waals surface area (Å²) in [6, 6.07) is -4.02. The lowest BCUT2D eigenvalue weighted by atomic mass is 10.1. The van der Waals surface area contributed by atoms with Crippen molar-refractivity contribution in [2.75, 3.05) is 12.0 Å². The molecule has 0 heterocycles. The number of amides is 2. The molecule has 7 N–H and O–H groups in total. The maximum atomic E-state index is 12.1. The van der Waals surface area contributed by atoms with Crippen LogP contribution in [0.1, 0.15) is 19.8 Å². The zero-order valence-electron chi connectivity index (χ0n) is 13.4. The smallest absolute Gasteiger partial charge is 0.326 e. The number of rotatable bonds is 11. The summed E-state index contributed by atoms with van der Waals surface area (Å²) in [7, 11) is 0. The van der Waals surface area contributed by atoms with Crippen LogP contribution >= 0.6 is 11.8 Å². The van der Waals surface area contributed by atoms with Crippen molar-refractivity contribution in [1.29, 1.82) is 0 Å². The third-order valence-corrected chi connectivity index (χ3v) is 3.67. The maximum Gasteiger partial charge on any atom is 0.326 e. The number of hydrogen-bond acceptors (Lipinski definition) is 7. The van der Waals surface area contributed by atoms with Gasteiger partial charge in [-0.2, -0.15) is 11.8 Å². The molecule has 0 aliphatic heterocycles. The van der Waals surface area contributed by atoms with Gasteiger partial charge in [0.25, 0.3) is 0 Å². The lowest BCUT2D eigenvalue weighted by Crippen LogP contribution is -2.58. The number of nitrogens with two attached hydrogens (primary N) is 1. The number of aliphatic hydroxyl groups is 1. The zero-order valence-corrected chi connectivity index (χ0v) is 14.2. The average Bonchev–Trinajstić information content (AvgIpc) is 2.47. The first kappa shape index (κ1) is 22.1. The van der Waals surface area contributed by atoms with E-state index < -0.39 is 54.4 Å². The molecule has 0 aromatic carbocycles. The van der Waals surface area contributed by atoms with Crippen LogP contribution in [0.25, 0.3) is 0 Å². The Bertz CT molecular complexity index is 472. The van der Waals surface area contributed by atoms with Crippen LogP contribution in [0.15, 0.2) is 0 Å². The topological polar surface area (TPSA) is 179 Å². The largest absolute Gasteiger partial charge is 0.481 e. The van der Waals surface area contributed by atoms with Gasteiger partial charge in [0, 0.05) is 0 Å². The number of hydrogen-bond donors (Lipinski definition) is 6. The van der Waals surface area contributed by atoms with Crippen molar-refractivity contribution in [1.82, 2.24) is 10.6 Å². The van der Waals surface area contributed by atoms with Gasteiger partial charge in [-0.1, -0.05) is 0 Å². The van der Waals surface area contributed by atoms with E-state index in [1.165, 1.54) is 18.7 Å². The Labute approximate surface area is 143 Å². The van der Waals surface area contributed by atoms with E-state index in [2.05, 4.69) is 5.32 Å². The van der Waals surface area contributed by atoms with Crippen molar-refractivity contribution in [2.45, 2.75) is 44.0 Å². The minimum Gasteiger partial charge on any atom is -0.481 e. The minimum atomic E-state index is -1.68. The number of carbonyl (C=O) groups excluding carboxylic acids is 2. The van der Waals surface area contributed by atoms with Gasteiger partial charge in [0.05, 0.1) is 18.6 Å². The van der Waals surface area contributed by atoms with E-state index in [9.17, 15) is 24.3 Å². The van der Waals surface area contributed by atoms with E-state index in [1.807, 2.05) is 11.6 Å². The highest BCUT2D eigenvalue weighted by Crippen LogP contribution is 2.02. The number of carboxylic acids is 2. The van der Waals surface area contributed by atoms with Gasteiger partial charge in [-0.3, -0.25) is 14.4 Å². The molecule has 4 atom stereocenters. The Morgan fingerprint density at radius 2 is 1.71 bits per heavy atom. The summed E-state index contributed by atoms with van der Waals surface area (Å²) in [6.07, 6.45) is 0.0266. The molecule has 10 nitrogen and oxygen atoms in total. The van der Waals surface area contributed by atoms with Gasteiger partial charge in [-0.25, -0.2) is 4.79 Å². The number of carboxylic acid groups (broad SMARTS) is 2. The van der Waals surface area contributed by atoms with E-state index in [0.717, 1.165) is 0 Å². The highest BCUT2D eigenvalue weighted by atomic mass is 32.2. The van der Waals surface area contributed by atoms with Gasteiger partial charge in [0.1, 0.15) is 12.1 Å². The molecular weight excluding hydrogens is 342 g/mol. The Hall–Kier alpha value is -1.85. The first-order chi connectivity index (χ1) is 11.1. The van der Waals surface area contributed by atoms with Crippen LogP contribution in [0, 0.1) is 0 Å². The molecule has 138 valence electrons. The molecule has 0 bridgehead atoms. The second kappa shape index (κ2) is 10.8. The van der Waals surface area contributed by atoms with E-state index >= 15 is 0 Å². The third-order valence-electron chi connectivity index (χ3n) is 3.03. The molecule has 0 rings (SSSR count). The molecule has 0 saturated heterocycles. The normalized spacial score (nSPS) is 15.7. The second-order valence-electron chi connectivity index (χ2n) is 5.11. The van der Waals surface area contributed by atoms with Crippen molar-refractivity contribution in [3.05, 3.63) is 0 Å². The first-order valence-electron chi connectivity index (χ1n) is 7.08. The van der Waals surface area contributed by atoms with Gasteiger partial charge in [0.2, 0.25) is 11.8 Å². The number of aliphatic hydroxyl groups excluding tert-OH is 1. The molecular formula is C13H23N3O7S. The summed E-state index contributed by atoms with van der Waals surface area (Å²) >= 11 is 1.49. The Morgan fingerprint density at radius 3 is 2.12 bits per heavy atom. The molecule has 0 spiro atoms. The summed E-state index contributed by atoms with van der Waals surface area (Å²) in [6.45, 7) is 1.23. The SMILES string of the molecule is CSCCC(N)C(=O)NC(C(=O)NC(CC(=O)O)C(=O)O)C(C)O. The maximum absolute atomic E-state index is 12.1. The predicted molar refractivity (Wildman–Crippen MR) is 86.4 cm³/mol. The Balaban J connectivity index is 4.91. The number of thioether (sulfide) groups is 1. The van der Waals surface area contributed by atoms with Crippen molar-refractivity contribution < 1.29 is 34.5 Å². The van der Waals surface area contributed by atoms with Gasteiger partial charge < -0.3 is 31.7 Å². The van der Waals surface area contributed by atoms with Crippen LogP contribution in [0.5, 0.6) is 0 Å².